The van der Waals surface area contributed by atoms with Crippen LogP contribution in [0.15, 0.2) is 53.4 Å². The Balaban J connectivity index is 2.28. The first kappa shape index (κ1) is 16.4. The predicted octanol–water partition coefficient (Wildman–Crippen LogP) is 2.71. The molecule has 2 aromatic carbocycles. The lowest BCUT2D eigenvalue weighted by molar-refractivity contribution is 0.415. The monoisotopic (exact) mass is 330 g/mol. The highest BCUT2D eigenvalue weighted by molar-refractivity contribution is 7.96. The van der Waals surface area contributed by atoms with E-state index in [9.17, 15) is 13.5 Å². The fourth-order valence-corrected chi connectivity index (χ4v) is 2.73. The number of hydrogen-bond acceptors (Lipinski definition) is 5. The molecule has 0 radical (unpaired) electrons. The van der Waals surface area contributed by atoms with Crippen molar-refractivity contribution >= 4 is 21.8 Å². The smallest absolute Gasteiger partial charge is 0.272 e. The van der Waals surface area contributed by atoms with Crippen molar-refractivity contribution in [2.24, 2.45) is 0 Å². The van der Waals surface area contributed by atoms with E-state index in [2.05, 4.69) is 4.72 Å². The van der Waals surface area contributed by atoms with Gasteiger partial charge in [0.25, 0.3) is 10.0 Å². The zero-order chi connectivity index (χ0) is 16.9. The second-order valence-electron chi connectivity index (χ2n) is 4.55. The van der Waals surface area contributed by atoms with Crippen LogP contribution in [0.25, 0.3) is 6.08 Å². The van der Waals surface area contributed by atoms with Gasteiger partial charge >= 0.3 is 0 Å². The standard InChI is InChI=1S/C16H14N2O4S/c1-22-15-8-4-13(5-9-15)18-23(20,21)16(11-17)10-12-2-6-14(19)7-3-12/h2-10,18-19H,1H3/b16-10-. The number of hydrogen-bond donors (Lipinski definition) is 2. The Labute approximate surface area is 134 Å². The highest BCUT2D eigenvalue weighted by atomic mass is 32.2. The highest BCUT2D eigenvalue weighted by Crippen LogP contribution is 2.20. The van der Waals surface area contributed by atoms with Gasteiger partial charge in [-0.15, -0.1) is 0 Å². The number of nitriles is 1. The molecule has 7 heteroatoms. The molecule has 0 saturated heterocycles. The van der Waals surface area contributed by atoms with Crippen LogP contribution in [0.2, 0.25) is 0 Å². The molecule has 2 aromatic rings. The van der Waals surface area contributed by atoms with E-state index in [1.807, 2.05) is 0 Å². The summed E-state index contributed by atoms with van der Waals surface area (Å²) in [5.74, 6) is 0.646. The van der Waals surface area contributed by atoms with Crippen LogP contribution in [0.4, 0.5) is 5.69 Å². The number of sulfonamides is 1. The molecule has 0 spiro atoms. The van der Waals surface area contributed by atoms with Gasteiger partial charge in [-0.05, 0) is 48.0 Å². The molecule has 6 nitrogen and oxygen atoms in total. The van der Waals surface area contributed by atoms with E-state index < -0.39 is 14.9 Å². The predicted molar refractivity (Wildman–Crippen MR) is 87.2 cm³/mol. The molecule has 0 heterocycles. The van der Waals surface area contributed by atoms with Gasteiger partial charge < -0.3 is 9.84 Å². The first-order valence-corrected chi connectivity index (χ1v) is 8.00. The Morgan fingerprint density at radius 2 is 1.78 bits per heavy atom. The molecular weight excluding hydrogens is 316 g/mol. The average molecular weight is 330 g/mol. The lowest BCUT2D eigenvalue weighted by atomic mass is 10.2. The minimum absolute atomic E-state index is 0.0554. The summed E-state index contributed by atoms with van der Waals surface area (Å²) in [4.78, 5) is -0.431. The van der Waals surface area contributed by atoms with Gasteiger partial charge in [-0.1, -0.05) is 12.1 Å². The second-order valence-corrected chi connectivity index (χ2v) is 6.20. The van der Waals surface area contributed by atoms with Crippen molar-refractivity contribution in [3.8, 4) is 17.6 Å². The van der Waals surface area contributed by atoms with Crippen LogP contribution in [0.3, 0.4) is 0 Å². The van der Waals surface area contributed by atoms with Crippen molar-refractivity contribution in [3.05, 3.63) is 59.0 Å². The number of phenols is 1. The Hall–Kier alpha value is -2.98. The number of nitrogens with one attached hydrogen (secondary N) is 1. The summed E-state index contributed by atoms with van der Waals surface area (Å²) in [5, 5.41) is 18.3. The number of allylic oxidation sites excluding steroid dienone is 1. The summed E-state index contributed by atoms with van der Waals surface area (Å²) in [6.07, 6.45) is 1.23. The maximum Gasteiger partial charge on any atom is 0.272 e. The third-order valence-corrected chi connectivity index (χ3v) is 4.23. The fraction of sp³-hybridized carbons (Fsp3) is 0.0625. The van der Waals surface area contributed by atoms with Crippen molar-refractivity contribution in [1.29, 1.82) is 5.26 Å². The van der Waals surface area contributed by atoms with Gasteiger partial charge in [0.2, 0.25) is 0 Å². The van der Waals surface area contributed by atoms with Crippen molar-refractivity contribution < 1.29 is 18.3 Å². The number of nitrogens with zero attached hydrogens (tertiary/aromatic N) is 1. The molecule has 23 heavy (non-hydrogen) atoms. The highest BCUT2D eigenvalue weighted by Gasteiger charge is 2.17. The molecule has 0 fully saturated rings. The zero-order valence-electron chi connectivity index (χ0n) is 12.2. The maximum atomic E-state index is 12.3. The number of benzene rings is 2. The summed E-state index contributed by atoms with van der Waals surface area (Å²) in [6.45, 7) is 0. The van der Waals surface area contributed by atoms with E-state index in [-0.39, 0.29) is 5.75 Å². The molecular formula is C16H14N2O4S. The molecule has 0 saturated carbocycles. The summed E-state index contributed by atoms with van der Waals surface area (Å²) in [7, 11) is -2.50. The van der Waals surface area contributed by atoms with Crippen LogP contribution in [0.5, 0.6) is 11.5 Å². The van der Waals surface area contributed by atoms with Crippen LogP contribution in [0.1, 0.15) is 5.56 Å². The van der Waals surface area contributed by atoms with E-state index in [4.69, 9.17) is 10.00 Å². The SMILES string of the molecule is COc1ccc(NS(=O)(=O)/C(C#N)=C\c2ccc(O)cc2)cc1. The van der Waals surface area contributed by atoms with Crippen LogP contribution >= 0.6 is 0 Å². The van der Waals surface area contributed by atoms with Gasteiger partial charge in [0.1, 0.15) is 17.6 Å². The maximum absolute atomic E-state index is 12.3. The van der Waals surface area contributed by atoms with Crippen LogP contribution in [0, 0.1) is 11.3 Å². The molecule has 0 atom stereocenters. The van der Waals surface area contributed by atoms with Crippen molar-refractivity contribution in [1.82, 2.24) is 0 Å². The van der Waals surface area contributed by atoms with Crippen LogP contribution in [-0.2, 0) is 10.0 Å². The van der Waals surface area contributed by atoms with Crippen molar-refractivity contribution in [2.45, 2.75) is 0 Å². The minimum Gasteiger partial charge on any atom is -0.508 e. The molecule has 0 unspecified atom stereocenters. The van der Waals surface area contributed by atoms with Crippen LogP contribution in [-0.4, -0.2) is 20.6 Å². The van der Waals surface area contributed by atoms with Gasteiger partial charge in [-0.25, -0.2) is 8.42 Å². The minimum atomic E-state index is -4.01. The zero-order valence-corrected chi connectivity index (χ0v) is 13.0. The Kier molecular flexibility index (Phi) is 4.88. The number of methoxy groups -OCH3 is 1. The quantitative estimate of drug-likeness (QED) is 0.821. The number of rotatable bonds is 5. The lowest BCUT2D eigenvalue weighted by Crippen LogP contribution is -2.14. The normalized spacial score (nSPS) is 11.6. The van der Waals surface area contributed by atoms with Gasteiger partial charge in [0.15, 0.2) is 4.91 Å². The first-order chi connectivity index (χ1) is 10.9. The van der Waals surface area contributed by atoms with Crippen molar-refractivity contribution in [3.63, 3.8) is 0 Å². The number of ether oxygens (including phenoxy) is 1. The summed E-state index contributed by atoms with van der Waals surface area (Å²) < 4.78 is 31.9. The number of anilines is 1. The third kappa shape index (κ3) is 4.25. The van der Waals surface area contributed by atoms with Gasteiger partial charge in [0.05, 0.1) is 7.11 Å². The van der Waals surface area contributed by atoms with Crippen LogP contribution < -0.4 is 9.46 Å². The van der Waals surface area contributed by atoms with E-state index >= 15 is 0 Å². The van der Waals surface area contributed by atoms with Gasteiger partial charge in [-0.2, -0.15) is 5.26 Å². The molecule has 2 rings (SSSR count). The van der Waals surface area contributed by atoms with Crippen molar-refractivity contribution in [2.75, 3.05) is 11.8 Å². The van der Waals surface area contributed by atoms with E-state index in [1.54, 1.807) is 18.2 Å². The number of aromatic hydroxyl groups is 1. The molecule has 0 bridgehead atoms. The Morgan fingerprint density at radius 1 is 1.17 bits per heavy atom. The second kappa shape index (κ2) is 6.85. The summed E-state index contributed by atoms with van der Waals surface area (Å²) in [5.41, 5.74) is 0.803. The Morgan fingerprint density at radius 3 is 2.30 bits per heavy atom. The molecule has 0 aliphatic carbocycles. The molecule has 2 N–H and O–H groups in total. The van der Waals surface area contributed by atoms with E-state index in [1.165, 1.54) is 49.6 Å². The first-order valence-electron chi connectivity index (χ1n) is 6.52. The fourth-order valence-electron chi connectivity index (χ4n) is 1.76. The van der Waals surface area contributed by atoms with E-state index in [0.717, 1.165) is 0 Å². The summed E-state index contributed by atoms with van der Waals surface area (Å²) in [6, 6.07) is 13.8. The largest absolute Gasteiger partial charge is 0.508 e. The number of phenolic OH excluding ortho intramolecular Hbond substituents is 1. The topological polar surface area (TPSA) is 99.4 Å². The summed E-state index contributed by atoms with van der Waals surface area (Å²) >= 11 is 0. The molecule has 0 aromatic heterocycles. The third-order valence-electron chi connectivity index (χ3n) is 2.93. The molecule has 0 aliphatic rings. The molecule has 0 amide bonds. The van der Waals surface area contributed by atoms with E-state index in [0.29, 0.717) is 17.0 Å². The molecule has 118 valence electrons. The molecule has 0 aliphatic heterocycles. The average Bonchev–Trinajstić information content (AvgIpc) is 2.54. The Bertz CT molecular complexity index is 848. The van der Waals surface area contributed by atoms with Gasteiger partial charge in [0, 0.05) is 5.69 Å². The lowest BCUT2D eigenvalue weighted by Gasteiger charge is -2.08. The van der Waals surface area contributed by atoms with Gasteiger partial charge in [-0.3, -0.25) is 4.72 Å².